The molecule has 1 N–H and O–H groups in total. The van der Waals surface area contributed by atoms with E-state index in [9.17, 15) is 9.90 Å². The highest BCUT2D eigenvalue weighted by Crippen LogP contribution is 2.29. The van der Waals surface area contributed by atoms with Gasteiger partial charge >= 0.3 is 0 Å². The number of hydrogen-bond acceptors (Lipinski definition) is 6. The minimum atomic E-state index is 0.0321. The summed E-state index contributed by atoms with van der Waals surface area (Å²) in [5, 5.41) is 26.6. The second kappa shape index (κ2) is 8.94. The zero-order valence-electron chi connectivity index (χ0n) is 16.4. The number of benzene rings is 1. The third kappa shape index (κ3) is 4.73. The highest BCUT2D eigenvalue weighted by molar-refractivity contribution is 5.81. The Hall–Kier alpha value is -2.78. The molecule has 0 radical (unpaired) electrons. The summed E-state index contributed by atoms with van der Waals surface area (Å²) in [7, 11) is 0. The number of Topliss-reactive ketones (excluding diaryl/α,β-unsaturated/α-hetero) is 1. The maximum Gasteiger partial charge on any atom is 0.163 e. The molecule has 2 atom stereocenters. The first-order valence-corrected chi connectivity index (χ1v) is 9.70. The highest BCUT2D eigenvalue weighted by Gasteiger charge is 2.34. The number of carbonyl (C=O) groups excluding carboxylic acids is 1. The van der Waals surface area contributed by atoms with Crippen LogP contribution in [0.1, 0.15) is 43.0 Å². The summed E-state index contributed by atoms with van der Waals surface area (Å²) >= 11 is 0. The lowest BCUT2D eigenvalue weighted by Crippen LogP contribution is -2.22. The van der Waals surface area contributed by atoms with Gasteiger partial charge in [-0.3, -0.25) is 4.79 Å². The first-order chi connectivity index (χ1) is 13.5. The number of rotatable bonds is 7. The Kier molecular flexibility index (Phi) is 6.37. The monoisotopic (exact) mass is 378 g/mol. The van der Waals surface area contributed by atoms with Crippen molar-refractivity contribution in [3.8, 4) is 6.07 Å². The number of anilines is 1. The van der Waals surface area contributed by atoms with Crippen LogP contribution in [0.5, 0.6) is 0 Å². The molecule has 6 nitrogen and oxygen atoms in total. The van der Waals surface area contributed by atoms with Crippen LogP contribution in [0.2, 0.25) is 0 Å². The number of nitrogens with zero attached hydrogens (tertiary/aromatic N) is 4. The summed E-state index contributed by atoms with van der Waals surface area (Å²) in [4.78, 5) is 14.6. The van der Waals surface area contributed by atoms with Crippen molar-refractivity contribution in [3.63, 3.8) is 0 Å². The van der Waals surface area contributed by atoms with Crippen molar-refractivity contribution in [2.24, 2.45) is 11.8 Å². The average molecular weight is 378 g/mol. The van der Waals surface area contributed by atoms with E-state index in [2.05, 4.69) is 36.2 Å². The first kappa shape index (κ1) is 20.0. The Morgan fingerprint density at radius 1 is 1.18 bits per heavy atom. The third-order valence-electron chi connectivity index (χ3n) is 5.44. The van der Waals surface area contributed by atoms with Crippen molar-refractivity contribution in [1.82, 2.24) is 10.2 Å². The Morgan fingerprint density at radius 2 is 1.89 bits per heavy atom. The second-order valence-corrected chi connectivity index (χ2v) is 7.81. The molecular weight excluding hydrogens is 352 g/mol. The zero-order valence-corrected chi connectivity index (χ0v) is 16.4. The Morgan fingerprint density at radius 3 is 2.46 bits per heavy atom. The Balaban J connectivity index is 1.60. The fourth-order valence-corrected chi connectivity index (χ4v) is 3.73. The number of hydrogen-bond donors (Lipinski definition) is 1. The van der Waals surface area contributed by atoms with Crippen molar-refractivity contribution in [2.45, 2.75) is 32.6 Å². The zero-order chi connectivity index (χ0) is 20.1. The van der Waals surface area contributed by atoms with Gasteiger partial charge in [-0.05, 0) is 35.1 Å². The lowest BCUT2D eigenvalue weighted by atomic mass is 9.90. The molecule has 1 aliphatic heterocycles. The summed E-state index contributed by atoms with van der Waals surface area (Å²) in [5.74, 6) is 1.46. The van der Waals surface area contributed by atoms with Crippen LogP contribution < -0.4 is 4.90 Å². The maximum absolute atomic E-state index is 12.6. The second-order valence-electron chi connectivity index (χ2n) is 7.81. The molecule has 1 aromatic carbocycles. The molecule has 1 saturated heterocycles. The molecule has 1 aliphatic rings. The summed E-state index contributed by atoms with van der Waals surface area (Å²) < 4.78 is 0. The Labute approximate surface area is 165 Å². The van der Waals surface area contributed by atoms with Crippen molar-refractivity contribution in [2.75, 3.05) is 24.6 Å². The topological polar surface area (TPSA) is 90.1 Å². The van der Waals surface area contributed by atoms with Gasteiger partial charge in [-0.1, -0.05) is 38.1 Å². The van der Waals surface area contributed by atoms with Gasteiger partial charge in [0.25, 0.3) is 0 Å². The molecular formula is C22H26N4O2. The molecule has 6 heteroatoms. The van der Waals surface area contributed by atoms with Crippen LogP contribution in [0.25, 0.3) is 0 Å². The van der Waals surface area contributed by atoms with Gasteiger partial charge in [-0.2, -0.15) is 5.26 Å². The minimum absolute atomic E-state index is 0.0321. The predicted octanol–water partition coefficient (Wildman–Crippen LogP) is 2.72. The quantitative estimate of drug-likeness (QED) is 0.797. The van der Waals surface area contributed by atoms with Gasteiger partial charge in [0.1, 0.15) is 11.9 Å². The molecule has 146 valence electrons. The van der Waals surface area contributed by atoms with Crippen molar-refractivity contribution in [1.29, 1.82) is 5.26 Å². The summed E-state index contributed by atoms with van der Waals surface area (Å²) in [6.45, 7) is 5.64. The van der Waals surface area contributed by atoms with E-state index in [0.29, 0.717) is 37.7 Å². The fourth-order valence-electron chi connectivity index (χ4n) is 3.73. The van der Waals surface area contributed by atoms with Crippen LogP contribution in [0.3, 0.4) is 0 Å². The number of aliphatic hydroxyl groups excluding tert-OH is 1. The number of carbonyl (C=O) groups is 1. The largest absolute Gasteiger partial charge is 0.396 e. The lowest BCUT2D eigenvalue weighted by Gasteiger charge is -2.16. The van der Waals surface area contributed by atoms with Gasteiger partial charge in [-0.15, -0.1) is 10.2 Å². The highest BCUT2D eigenvalue weighted by atomic mass is 16.3. The smallest absolute Gasteiger partial charge is 0.163 e. The van der Waals surface area contributed by atoms with Crippen LogP contribution in [-0.4, -0.2) is 40.8 Å². The van der Waals surface area contributed by atoms with E-state index in [0.717, 1.165) is 5.56 Å². The van der Waals surface area contributed by atoms with Crippen LogP contribution in [0.15, 0.2) is 36.4 Å². The van der Waals surface area contributed by atoms with Gasteiger partial charge in [0.05, 0.1) is 0 Å². The Bertz CT molecular complexity index is 840. The van der Waals surface area contributed by atoms with E-state index in [4.69, 9.17) is 5.26 Å². The predicted molar refractivity (Wildman–Crippen MR) is 107 cm³/mol. The van der Waals surface area contributed by atoms with Gasteiger partial charge in [0, 0.05) is 38.5 Å². The maximum atomic E-state index is 12.6. The molecule has 3 rings (SSSR count). The molecule has 0 spiro atoms. The summed E-state index contributed by atoms with van der Waals surface area (Å²) in [6.07, 6.45) is 0.862. The lowest BCUT2D eigenvalue weighted by molar-refractivity contribution is -0.119. The van der Waals surface area contributed by atoms with Gasteiger partial charge in [-0.25, -0.2) is 0 Å². The van der Waals surface area contributed by atoms with Crippen LogP contribution in [0.4, 0.5) is 5.82 Å². The van der Waals surface area contributed by atoms with Crippen molar-refractivity contribution < 1.29 is 9.90 Å². The van der Waals surface area contributed by atoms with E-state index in [-0.39, 0.29) is 29.9 Å². The average Bonchev–Trinajstić information content (AvgIpc) is 3.11. The fraction of sp³-hybridized carbons (Fsp3) is 0.455. The molecule has 0 amide bonds. The van der Waals surface area contributed by atoms with Crippen LogP contribution in [-0.2, 0) is 11.2 Å². The molecule has 0 saturated carbocycles. The molecule has 1 aromatic heterocycles. The number of nitriles is 1. The number of ketones is 1. The molecule has 28 heavy (non-hydrogen) atoms. The number of aliphatic hydroxyl groups is 1. The van der Waals surface area contributed by atoms with Gasteiger partial charge in [0.2, 0.25) is 0 Å². The van der Waals surface area contributed by atoms with Crippen LogP contribution in [0, 0.1) is 23.2 Å². The summed E-state index contributed by atoms with van der Waals surface area (Å²) in [5.41, 5.74) is 2.58. The molecule has 1 unspecified atom stereocenters. The minimum Gasteiger partial charge on any atom is -0.396 e. The van der Waals surface area contributed by atoms with E-state index < -0.39 is 0 Å². The van der Waals surface area contributed by atoms with Crippen molar-refractivity contribution >= 4 is 11.6 Å². The normalized spacial score (nSPS) is 19.0. The summed E-state index contributed by atoms with van der Waals surface area (Å²) in [6, 6.07) is 13.6. The van der Waals surface area contributed by atoms with Gasteiger partial charge < -0.3 is 10.0 Å². The standard InChI is InChI=1S/C22H26N4O2/c1-15(2)17-5-3-16(4-6-17)9-21(28)10-18-12-26(13-19(18)14-27)22-8-7-20(11-23)24-25-22/h3-8,15,18-19,27H,9-10,12-14H2,1-2H3/t18?,19-/m1/s1. The van der Waals surface area contributed by atoms with E-state index in [1.807, 2.05) is 23.1 Å². The van der Waals surface area contributed by atoms with Gasteiger partial charge in [0.15, 0.2) is 11.5 Å². The van der Waals surface area contributed by atoms with E-state index in [1.165, 1.54) is 5.56 Å². The van der Waals surface area contributed by atoms with Crippen LogP contribution >= 0.6 is 0 Å². The molecule has 0 aliphatic carbocycles. The molecule has 1 fully saturated rings. The molecule has 0 bridgehead atoms. The molecule has 2 heterocycles. The van der Waals surface area contributed by atoms with Crippen molar-refractivity contribution in [3.05, 3.63) is 53.2 Å². The first-order valence-electron chi connectivity index (χ1n) is 9.70. The third-order valence-corrected chi connectivity index (χ3v) is 5.44. The SMILES string of the molecule is CC(C)c1ccc(CC(=O)CC2CN(c3ccc(C#N)nn3)C[C@@H]2CO)cc1. The number of aromatic nitrogens is 2. The van der Waals surface area contributed by atoms with E-state index >= 15 is 0 Å². The van der Waals surface area contributed by atoms with E-state index in [1.54, 1.807) is 12.1 Å². The molecule has 2 aromatic rings.